The molecule has 0 aliphatic carbocycles. The summed E-state index contributed by atoms with van der Waals surface area (Å²) in [5.41, 5.74) is -0.778. The molecular formula is C31H53N5O3. The molecule has 2 fully saturated rings. The Balaban J connectivity index is 1.71. The van der Waals surface area contributed by atoms with Crippen LogP contribution in [0.25, 0.3) is 0 Å². The Bertz CT molecular complexity index is 1010. The van der Waals surface area contributed by atoms with E-state index in [1.165, 1.54) is 10.1 Å². The van der Waals surface area contributed by atoms with Crippen molar-refractivity contribution in [2.45, 2.75) is 154 Å². The van der Waals surface area contributed by atoms with Crippen LogP contribution in [0.5, 0.6) is 0 Å². The van der Waals surface area contributed by atoms with E-state index in [9.17, 15) is 15.2 Å². The molecule has 2 saturated heterocycles. The molecule has 0 spiro atoms. The van der Waals surface area contributed by atoms with Crippen LogP contribution >= 0.6 is 0 Å². The molecule has 39 heavy (non-hydrogen) atoms. The summed E-state index contributed by atoms with van der Waals surface area (Å²) in [6.07, 6.45) is 2.74. The Kier molecular flexibility index (Phi) is 8.39. The van der Waals surface area contributed by atoms with Crippen molar-refractivity contribution in [2.75, 3.05) is 0 Å². The van der Waals surface area contributed by atoms with Crippen molar-refractivity contribution in [1.29, 1.82) is 0 Å². The van der Waals surface area contributed by atoms with Gasteiger partial charge in [0.25, 0.3) is 0 Å². The van der Waals surface area contributed by atoms with Gasteiger partial charge in [-0.1, -0.05) is 24.3 Å². The highest BCUT2D eigenvalue weighted by atomic mass is 16.5. The van der Waals surface area contributed by atoms with E-state index in [1.54, 1.807) is 0 Å². The van der Waals surface area contributed by atoms with Gasteiger partial charge in [-0.25, -0.2) is 4.79 Å². The molecule has 2 radical (unpaired) electrons. The summed E-state index contributed by atoms with van der Waals surface area (Å²) in [5, 5.41) is 38.1. The number of piperidine rings is 2. The minimum atomic E-state index is -0.613. The van der Waals surface area contributed by atoms with E-state index >= 15 is 0 Å². The monoisotopic (exact) mass is 543 g/mol. The fraction of sp³-hybridized carbons (Fsp3) is 0.774. The average Bonchev–Trinajstić information content (AvgIpc) is 2.74. The van der Waals surface area contributed by atoms with Crippen molar-refractivity contribution in [2.24, 2.45) is 0 Å². The first-order chi connectivity index (χ1) is 17.5. The smallest absolute Gasteiger partial charge is 0.315 e. The normalized spacial score (nSPS) is 24.4. The number of rotatable bonds is 6. The Hall–Kier alpha value is -1.71. The molecule has 2 heterocycles. The van der Waals surface area contributed by atoms with Crippen molar-refractivity contribution in [1.82, 2.24) is 26.1 Å². The maximum absolute atomic E-state index is 13.1. The standard InChI is InChI=1S/C31H53N5O3/c1-26(2)17-23(18-27(3,4)35(26)38)32-25(37)34-31(11,12)22-15-13-14-21(16-22)30(9,10)33-24-19-28(5,6)36(39)29(7,8)20-24/h13-16,23-24,33H,17-20H2,1-12H3,(H2,32,34,37). The van der Waals surface area contributed by atoms with Gasteiger partial charge in [-0.15, -0.1) is 20.5 Å². The topological polar surface area (TPSA) is 99.4 Å². The number of urea groups is 1. The molecular weight excluding hydrogens is 490 g/mol. The molecule has 0 unspecified atom stereocenters. The second-order valence-corrected chi connectivity index (χ2v) is 15.6. The summed E-state index contributed by atoms with van der Waals surface area (Å²) in [7, 11) is 0. The predicted molar refractivity (Wildman–Crippen MR) is 155 cm³/mol. The third-order valence-electron chi connectivity index (χ3n) is 8.82. The maximum atomic E-state index is 13.1. The Labute approximate surface area is 236 Å². The second-order valence-electron chi connectivity index (χ2n) is 15.6. The number of hydrogen-bond acceptors (Lipinski definition) is 4. The fourth-order valence-corrected chi connectivity index (χ4v) is 7.20. The van der Waals surface area contributed by atoms with Crippen molar-refractivity contribution in [3.05, 3.63) is 35.4 Å². The third kappa shape index (κ3) is 6.96. The molecule has 0 aromatic heterocycles. The molecule has 2 aliphatic heterocycles. The van der Waals surface area contributed by atoms with Crippen LogP contribution in [-0.4, -0.2) is 50.4 Å². The number of benzene rings is 1. The van der Waals surface area contributed by atoms with Crippen LogP contribution in [0.4, 0.5) is 4.79 Å². The summed E-state index contributed by atoms with van der Waals surface area (Å²) >= 11 is 0. The largest absolute Gasteiger partial charge is 0.335 e. The number of carbonyl (C=O) groups excluding carboxylic acids is 1. The number of nitrogens with one attached hydrogen (secondary N) is 3. The van der Waals surface area contributed by atoms with Crippen LogP contribution in [0.15, 0.2) is 24.3 Å². The predicted octanol–water partition coefficient (Wildman–Crippen LogP) is 5.78. The zero-order chi connectivity index (χ0) is 29.8. The van der Waals surface area contributed by atoms with Crippen molar-refractivity contribution in [3.8, 4) is 0 Å². The third-order valence-corrected chi connectivity index (χ3v) is 8.82. The number of amides is 2. The summed E-state index contributed by atoms with van der Waals surface area (Å²) in [5.74, 6) is 0. The van der Waals surface area contributed by atoms with Crippen LogP contribution in [0.3, 0.4) is 0 Å². The van der Waals surface area contributed by atoms with Gasteiger partial charge >= 0.3 is 6.03 Å². The molecule has 220 valence electrons. The lowest BCUT2D eigenvalue weighted by atomic mass is 9.77. The molecule has 3 N–H and O–H groups in total. The van der Waals surface area contributed by atoms with E-state index in [0.29, 0.717) is 12.8 Å². The van der Waals surface area contributed by atoms with Gasteiger partial charge < -0.3 is 16.0 Å². The fourth-order valence-electron chi connectivity index (χ4n) is 7.20. The van der Waals surface area contributed by atoms with Gasteiger partial charge in [0.05, 0.1) is 5.54 Å². The van der Waals surface area contributed by atoms with Gasteiger partial charge in [0.1, 0.15) is 0 Å². The van der Waals surface area contributed by atoms with Crippen molar-refractivity contribution >= 4 is 6.03 Å². The van der Waals surface area contributed by atoms with Gasteiger partial charge in [-0.05, 0) is 120 Å². The zero-order valence-electron chi connectivity index (χ0n) is 26.4. The maximum Gasteiger partial charge on any atom is 0.315 e. The Morgan fingerprint density at radius 2 is 1.10 bits per heavy atom. The molecule has 8 heteroatoms. The van der Waals surface area contributed by atoms with E-state index in [1.807, 2.05) is 81.4 Å². The molecule has 3 rings (SSSR count). The van der Waals surface area contributed by atoms with E-state index < -0.39 is 27.7 Å². The van der Waals surface area contributed by atoms with E-state index in [2.05, 4.69) is 41.9 Å². The molecule has 1 aromatic rings. The van der Waals surface area contributed by atoms with E-state index in [4.69, 9.17) is 0 Å². The number of hydroxylamine groups is 4. The SMILES string of the molecule is CC(C)(NC(=O)NC1CC(C)(C)N([O])C(C)(C)C1)c1cccc(C(C)(C)NC2CC(C)(C)N([O])C(C)(C)C2)c1. The molecule has 0 bridgehead atoms. The van der Waals surface area contributed by atoms with Crippen LogP contribution in [0.2, 0.25) is 0 Å². The lowest BCUT2D eigenvalue weighted by Gasteiger charge is -2.51. The summed E-state index contributed by atoms with van der Waals surface area (Å²) in [6, 6.07) is 8.25. The lowest BCUT2D eigenvalue weighted by molar-refractivity contribution is -0.290. The summed E-state index contributed by atoms with van der Waals surface area (Å²) < 4.78 is 0. The molecule has 0 atom stereocenters. The number of hydrogen-bond donors (Lipinski definition) is 3. The number of carbonyl (C=O) groups is 1. The average molecular weight is 544 g/mol. The van der Waals surface area contributed by atoms with Crippen molar-refractivity contribution < 1.29 is 15.2 Å². The van der Waals surface area contributed by atoms with Gasteiger partial charge in [0.2, 0.25) is 0 Å². The summed E-state index contributed by atoms with van der Waals surface area (Å²) in [4.78, 5) is 13.1. The summed E-state index contributed by atoms with van der Waals surface area (Å²) in [6.45, 7) is 24.2. The number of nitrogens with zero attached hydrogens (tertiary/aromatic N) is 2. The molecule has 8 nitrogen and oxygen atoms in total. The van der Waals surface area contributed by atoms with Gasteiger partial charge in [-0.2, -0.15) is 0 Å². The van der Waals surface area contributed by atoms with Crippen molar-refractivity contribution in [3.63, 3.8) is 0 Å². The van der Waals surface area contributed by atoms with Gasteiger partial charge in [0, 0.05) is 39.8 Å². The lowest BCUT2D eigenvalue weighted by Crippen LogP contribution is -2.63. The first-order valence-electron chi connectivity index (χ1n) is 14.4. The van der Waals surface area contributed by atoms with Crippen LogP contribution in [-0.2, 0) is 21.5 Å². The first kappa shape index (κ1) is 31.8. The Morgan fingerprint density at radius 3 is 1.54 bits per heavy atom. The minimum absolute atomic E-state index is 0.0838. The van der Waals surface area contributed by atoms with E-state index in [-0.39, 0.29) is 23.7 Å². The molecule has 2 aliphatic rings. The van der Waals surface area contributed by atoms with E-state index in [0.717, 1.165) is 24.0 Å². The highest BCUT2D eigenvalue weighted by molar-refractivity contribution is 5.75. The Morgan fingerprint density at radius 1 is 0.718 bits per heavy atom. The first-order valence-corrected chi connectivity index (χ1v) is 14.4. The second kappa shape index (κ2) is 10.3. The van der Waals surface area contributed by atoms with Crippen LogP contribution in [0.1, 0.15) is 120 Å². The minimum Gasteiger partial charge on any atom is -0.335 e. The van der Waals surface area contributed by atoms with Gasteiger partial charge in [-0.3, -0.25) is 0 Å². The highest BCUT2D eigenvalue weighted by Gasteiger charge is 2.48. The highest BCUT2D eigenvalue weighted by Crippen LogP contribution is 2.39. The molecule has 1 aromatic carbocycles. The molecule has 2 amide bonds. The molecule has 0 saturated carbocycles. The zero-order valence-corrected chi connectivity index (χ0v) is 26.4. The van der Waals surface area contributed by atoms with Crippen LogP contribution in [0, 0.1) is 0 Å². The van der Waals surface area contributed by atoms with Gasteiger partial charge in [0.15, 0.2) is 0 Å². The van der Waals surface area contributed by atoms with Crippen LogP contribution < -0.4 is 16.0 Å². The quantitative estimate of drug-likeness (QED) is 0.423.